The van der Waals surface area contributed by atoms with Crippen molar-refractivity contribution < 1.29 is 17.9 Å². The maximum absolute atomic E-state index is 13.0. The van der Waals surface area contributed by atoms with Crippen LogP contribution in [-0.4, -0.2) is 40.8 Å². The van der Waals surface area contributed by atoms with Crippen LogP contribution >= 0.6 is 0 Å². The molecule has 1 aliphatic rings. The summed E-state index contributed by atoms with van der Waals surface area (Å²) in [5.74, 6) is 0.942. The zero-order valence-corrected chi connectivity index (χ0v) is 18.0. The molecule has 0 amide bonds. The van der Waals surface area contributed by atoms with E-state index in [1.54, 1.807) is 12.1 Å². The molecule has 2 aromatic carbocycles. The lowest BCUT2D eigenvalue weighted by Gasteiger charge is -2.24. The fraction of sp³-hybridized carbons (Fsp3) is 0.333. The summed E-state index contributed by atoms with van der Waals surface area (Å²) in [6.07, 6.45) is 2.59. The molecule has 6 nitrogen and oxygen atoms in total. The largest absolute Gasteiger partial charge is 0.468 e. The third-order valence-electron chi connectivity index (χ3n) is 5.94. The molecule has 31 heavy (non-hydrogen) atoms. The average Bonchev–Trinajstić information content (AvgIpc) is 3.30. The van der Waals surface area contributed by atoms with Gasteiger partial charge in [-0.25, -0.2) is 8.42 Å². The van der Waals surface area contributed by atoms with Gasteiger partial charge < -0.3 is 14.1 Å². The molecule has 0 spiro atoms. The number of nitrogens with zero attached hydrogens (tertiary/aromatic N) is 2. The summed E-state index contributed by atoms with van der Waals surface area (Å²) in [6.45, 7) is 0.463. The lowest BCUT2D eigenvalue weighted by molar-refractivity contribution is 0.126. The van der Waals surface area contributed by atoms with Gasteiger partial charge in [0.05, 0.1) is 31.2 Å². The Kier molecular flexibility index (Phi) is 5.33. The smallest absolute Gasteiger partial charge is 0.214 e. The van der Waals surface area contributed by atoms with E-state index in [1.807, 2.05) is 36.4 Å². The first-order valence-corrected chi connectivity index (χ1v) is 12.3. The zero-order valence-electron chi connectivity index (χ0n) is 17.2. The summed E-state index contributed by atoms with van der Waals surface area (Å²) < 4.78 is 34.9. The topological polar surface area (TPSA) is 75.7 Å². The van der Waals surface area contributed by atoms with Gasteiger partial charge in [0.1, 0.15) is 5.76 Å². The van der Waals surface area contributed by atoms with Crippen LogP contribution in [0.3, 0.4) is 0 Å². The van der Waals surface area contributed by atoms with Crippen molar-refractivity contribution in [3.8, 4) is 0 Å². The normalized spacial score (nSPS) is 15.8. The maximum Gasteiger partial charge on any atom is 0.214 e. The molecule has 1 N–H and O–H groups in total. The van der Waals surface area contributed by atoms with E-state index in [0.29, 0.717) is 12.3 Å². The van der Waals surface area contributed by atoms with Gasteiger partial charge in [-0.3, -0.25) is 0 Å². The summed E-state index contributed by atoms with van der Waals surface area (Å²) in [5.41, 5.74) is 2.06. The quantitative estimate of drug-likeness (QED) is 0.429. The molecule has 1 unspecified atom stereocenters. The average molecular weight is 439 g/mol. The van der Waals surface area contributed by atoms with Crippen molar-refractivity contribution in [1.29, 1.82) is 0 Å². The Hall–Kier alpha value is -2.61. The molecule has 0 aliphatic heterocycles. The first-order chi connectivity index (χ1) is 15.0. The van der Waals surface area contributed by atoms with E-state index < -0.39 is 16.1 Å². The summed E-state index contributed by atoms with van der Waals surface area (Å²) >= 11 is 0. The van der Waals surface area contributed by atoms with Crippen LogP contribution < -0.4 is 0 Å². The van der Waals surface area contributed by atoms with E-state index in [0.717, 1.165) is 34.6 Å². The van der Waals surface area contributed by atoms with Gasteiger partial charge >= 0.3 is 0 Å². The van der Waals surface area contributed by atoms with Gasteiger partial charge in [-0.2, -0.15) is 4.31 Å². The Bertz CT molecular complexity index is 1240. The molecule has 0 bridgehead atoms. The second-order valence-electron chi connectivity index (χ2n) is 8.39. The number of hydrogen-bond acceptors (Lipinski definition) is 4. The van der Waals surface area contributed by atoms with Gasteiger partial charge in [0.25, 0.3) is 0 Å². The monoisotopic (exact) mass is 438 g/mol. The molecular weight excluding hydrogens is 412 g/mol. The first-order valence-electron chi connectivity index (χ1n) is 10.7. The molecule has 0 saturated heterocycles. The van der Waals surface area contributed by atoms with Crippen molar-refractivity contribution in [3.63, 3.8) is 0 Å². The molecule has 4 aromatic rings. The molecule has 7 heteroatoms. The number of para-hydroxylation sites is 2. The Labute approximate surface area is 181 Å². The summed E-state index contributed by atoms with van der Waals surface area (Å²) in [4.78, 5) is 0. The van der Waals surface area contributed by atoms with Crippen molar-refractivity contribution in [2.24, 2.45) is 5.92 Å². The van der Waals surface area contributed by atoms with E-state index >= 15 is 0 Å². The minimum absolute atomic E-state index is 0.0244. The second kappa shape index (κ2) is 8.15. The predicted molar refractivity (Wildman–Crippen MR) is 121 cm³/mol. The fourth-order valence-corrected chi connectivity index (χ4v) is 6.11. The Morgan fingerprint density at radius 3 is 2.23 bits per heavy atom. The zero-order chi connectivity index (χ0) is 21.4. The van der Waals surface area contributed by atoms with Crippen LogP contribution in [0.25, 0.3) is 21.8 Å². The third kappa shape index (κ3) is 4.26. The van der Waals surface area contributed by atoms with E-state index in [9.17, 15) is 13.5 Å². The van der Waals surface area contributed by atoms with Crippen molar-refractivity contribution in [3.05, 3.63) is 72.7 Å². The van der Waals surface area contributed by atoms with Crippen LogP contribution in [0.4, 0.5) is 0 Å². The fourth-order valence-electron chi connectivity index (χ4n) is 4.24. The first kappa shape index (κ1) is 20.3. The van der Waals surface area contributed by atoms with Crippen LogP contribution in [-0.2, 0) is 23.1 Å². The molecule has 5 rings (SSSR count). The van der Waals surface area contributed by atoms with E-state index in [1.165, 1.54) is 10.6 Å². The highest BCUT2D eigenvalue weighted by atomic mass is 32.2. The highest BCUT2D eigenvalue weighted by Gasteiger charge is 2.33. The van der Waals surface area contributed by atoms with Crippen LogP contribution in [0.15, 0.2) is 71.3 Å². The molecule has 162 valence electrons. The van der Waals surface area contributed by atoms with E-state index in [-0.39, 0.29) is 24.8 Å². The van der Waals surface area contributed by atoms with Crippen LogP contribution in [0.2, 0.25) is 0 Å². The predicted octanol–water partition coefficient (Wildman–Crippen LogP) is 3.99. The van der Waals surface area contributed by atoms with Crippen LogP contribution in [0.1, 0.15) is 18.6 Å². The molecular formula is C24H26N2O4S. The number of sulfonamides is 1. The van der Waals surface area contributed by atoms with Gasteiger partial charge in [0.15, 0.2) is 0 Å². The molecule has 2 aromatic heterocycles. The van der Waals surface area contributed by atoms with E-state index in [2.05, 4.69) is 16.7 Å². The van der Waals surface area contributed by atoms with Gasteiger partial charge in [0, 0.05) is 28.4 Å². The lowest BCUT2D eigenvalue weighted by Crippen LogP contribution is -2.40. The summed E-state index contributed by atoms with van der Waals surface area (Å²) in [6, 6.07) is 19.7. The Morgan fingerprint density at radius 1 is 1.00 bits per heavy atom. The number of fused-ring (bicyclic) bond motifs is 3. The number of aromatic nitrogens is 1. The van der Waals surface area contributed by atoms with Crippen molar-refractivity contribution in [2.75, 3.05) is 12.3 Å². The molecule has 1 atom stereocenters. The van der Waals surface area contributed by atoms with Gasteiger partial charge in [-0.05, 0) is 43.0 Å². The minimum Gasteiger partial charge on any atom is -0.468 e. The second-order valence-corrected chi connectivity index (χ2v) is 10.4. The SMILES string of the molecule is O=S(=O)(CC1CC1)N(Cc1ccco1)CC(O)Cn1c2ccccc2c2ccccc21. The molecule has 0 radical (unpaired) electrons. The number of aliphatic hydroxyl groups is 1. The van der Waals surface area contributed by atoms with Crippen LogP contribution in [0, 0.1) is 5.92 Å². The number of benzene rings is 2. The minimum atomic E-state index is -3.49. The standard InChI is InChI=1S/C24H26N2O4S/c27-19(14-25(16-20-6-5-13-30-20)31(28,29)17-18-11-12-18)15-26-23-9-3-1-7-21(23)22-8-2-4-10-24(22)26/h1-10,13,18-19,27H,11-12,14-17H2. The number of aliphatic hydroxyl groups excluding tert-OH is 1. The third-order valence-corrected chi connectivity index (χ3v) is 7.89. The molecule has 1 fully saturated rings. The van der Waals surface area contributed by atoms with Crippen molar-refractivity contribution in [1.82, 2.24) is 8.87 Å². The number of rotatable bonds is 9. The highest BCUT2D eigenvalue weighted by Crippen LogP contribution is 2.32. The number of furan rings is 1. The van der Waals surface area contributed by atoms with Crippen molar-refractivity contribution >= 4 is 31.8 Å². The van der Waals surface area contributed by atoms with Crippen molar-refractivity contribution in [2.45, 2.75) is 32.0 Å². The number of hydrogen-bond donors (Lipinski definition) is 1. The lowest BCUT2D eigenvalue weighted by atomic mass is 10.2. The van der Waals surface area contributed by atoms with Gasteiger partial charge in [-0.1, -0.05) is 36.4 Å². The van der Waals surface area contributed by atoms with Crippen LogP contribution in [0.5, 0.6) is 0 Å². The Morgan fingerprint density at radius 2 is 1.65 bits per heavy atom. The summed E-state index contributed by atoms with van der Waals surface area (Å²) in [7, 11) is -3.49. The molecule has 1 saturated carbocycles. The summed E-state index contributed by atoms with van der Waals surface area (Å²) in [5, 5.41) is 13.2. The molecule has 1 aliphatic carbocycles. The Balaban J connectivity index is 1.42. The van der Waals surface area contributed by atoms with Gasteiger partial charge in [-0.15, -0.1) is 0 Å². The van der Waals surface area contributed by atoms with Gasteiger partial charge in [0.2, 0.25) is 10.0 Å². The molecule has 2 heterocycles. The maximum atomic E-state index is 13.0. The highest BCUT2D eigenvalue weighted by molar-refractivity contribution is 7.89. The van der Waals surface area contributed by atoms with E-state index in [4.69, 9.17) is 4.42 Å².